The van der Waals surface area contributed by atoms with E-state index in [2.05, 4.69) is 4.31 Å². The summed E-state index contributed by atoms with van der Waals surface area (Å²) in [5.41, 5.74) is 0. The first-order chi connectivity index (χ1) is 4.54. The molecule has 0 aromatic heterocycles. The Hall–Kier alpha value is 2.18. The Morgan fingerprint density at radius 1 is 1.18 bits per heavy atom. The first-order valence-electron chi connectivity index (χ1n) is 1.76. The largest absolute Gasteiger partial charge is 2.00 e. The minimum absolute atomic E-state index is 0. The Bertz CT molecular complexity index is 109. The fourth-order valence-corrected chi connectivity index (χ4v) is 0.612. The quantitative estimate of drug-likeness (QED) is 0.384. The summed E-state index contributed by atoms with van der Waals surface area (Å²) < 4.78 is 21.8. The number of halogens is 2. The smallest absolute Gasteiger partial charge is 0.781 e. The molecule has 0 aliphatic heterocycles. The van der Waals surface area contributed by atoms with Crippen molar-refractivity contribution in [1.29, 1.82) is 0 Å². The molecule has 5 nitrogen and oxygen atoms in total. The molecule has 0 fully saturated rings. The molecule has 0 spiro atoms. The van der Waals surface area contributed by atoms with E-state index in [0.717, 1.165) is 0 Å². The maximum Gasteiger partial charge on any atom is 2.00 e. The predicted molar refractivity (Wildman–Crippen MR) is 41.4 cm³/mol. The molecule has 0 N–H and O–H groups in total. The van der Waals surface area contributed by atoms with Gasteiger partial charge < -0.3 is 18.9 Å². The van der Waals surface area contributed by atoms with Crippen molar-refractivity contribution in [3.63, 3.8) is 0 Å². The third-order valence-corrected chi connectivity index (χ3v) is 1.50. The molecule has 0 rings (SSSR count). The van der Waals surface area contributed by atoms with E-state index in [-0.39, 0.29) is 43.1 Å². The molecule has 10 heteroatoms. The van der Waals surface area contributed by atoms with Crippen LogP contribution >= 0.6 is 39.7 Å². The molecule has 0 aromatic carbocycles. The molecule has 0 heterocycles. The summed E-state index contributed by atoms with van der Waals surface area (Å²) in [6.07, 6.45) is 0. The second kappa shape index (κ2) is 14.7. The minimum Gasteiger partial charge on any atom is -0.781 e. The molecule has 0 saturated carbocycles. The zero-order valence-corrected chi connectivity index (χ0v) is 10.9. The van der Waals surface area contributed by atoms with Crippen molar-refractivity contribution in [3.05, 3.63) is 0 Å². The molecule has 0 amide bonds. The van der Waals surface area contributed by atoms with Crippen molar-refractivity contribution in [2.75, 3.05) is 5.34 Å². The van der Waals surface area contributed by atoms with Gasteiger partial charge in [0.25, 0.3) is 0 Å². The van der Waals surface area contributed by atoms with Crippen LogP contribution in [0, 0.1) is 0 Å². The molecule has 0 radical (unpaired) electrons. The van der Waals surface area contributed by atoms with Crippen LogP contribution in [0.5, 0.6) is 0 Å². The van der Waals surface area contributed by atoms with Crippen LogP contribution in [0.15, 0.2) is 0 Å². The summed E-state index contributed by atoms with van der Waals surface area (Å²) in [6.45, 7) is 0. The SMILES string of the molecule is ClCCl.O=[PH]([O-])O[PH](=O)[O-].[Ca+2]. The normalized spacial score (nSPS) is 13.5. The molecule has 0 saturated heterocycles. The van der Waals surface area contributed by atoms with E-state index in [1.807, 2.05) is 0 Å². The fraction of sp³-hybridized carbons (Fsp3) is 1.00. The first-order valence-corrected chi connectivity index (χ1v) is 5.28. The molecular formula is CH4CaCl2O5P2. The predicted octanol–water partition coefficient (Wildman–Crippen LogP) is -0.456. The van der Waals surface area contributed by atoms with Gasteiger partial charge in [0.15, 0.2) is 0 Å². The van der Waals surface area contributed by atoms with Crippen LogP contribution in [-0.4, -0.2) is 43.1 Å². The first kappa shape index (κ1) is 18.9. The Morgan fingerprint density at radius 2 is 1.36 bits per heavy atom. The van der Waals surface area contributed by atoms with Crippen molar-refractivity contribution in [1.82, 2.24) is 0 Å². The van der Waals surface area contributed by atoms with Gasteiger partial charge in [0.1, 0.15) is 16.5 Å². The van der Waals surface area contributed by atoms with Gasteiger partial charge in [-0.2, -0.15) is 0 Å². The van der Waals surface area contributed by atoms with Crippen molar-refractivity contribution >= 4 is 77.4 Å². The van der Waals surface area contributed by atoms with E-state index in [0.29, 0.717) is 0 Å². The summed E-state index contributed by atoms with van der Waals surface area (Å²) in [5, 5.41) is 0.194. The van der Waals surface area contributed by atoms with Crippen LogP contribution in [0.4, 0.5) is 0 Å². The van der Waals surface area contributed by atoms with Gasteiger partial charge in [-0.25, -0.2) is 0 Å². The Kier molecular flexibility index (Phi) is 25.2. The summed E-state index contributed by atoms with van der Waals surface area (Å²) in [5.74, 6) is 0. The average molecular weight is 269 g/mol. The van der Waals surface area contributed by atoms with Gasteiger partial charge in [-0.3, -0.25) is 4.31 Å². The second-order valence-corrected chi connectivity index (χ2v) is 3.33. The number of hydrogen-bond donors (Lipinski definition) is 0. The summed E-state index contributed by atoms with van der Waals surface area (Å²) in [7, 11) is -7.03. The average Bonchev–Trinajstić information content (AvgIpc) is 1.62. The Labute approximate surface area is 105 Å². The third-order valence-electron chi connectivity index (χ3n) is 0.167. The summed E-state index contributed by atoms with van der Waals surface area (Å²) in [6, 6.07) is 0. The van der Waals surface area contributed by atoms with Gasteiger partial charge >= 0.3 is 37.7 Å². The van der Waals surface area contributed by atoms with Gasteiger partial charge in [-0.05, 0) is 0 Å². The molecule has 64 valence electrons. The van der Waals surface area contributed by atoms with Crippen LogP contribution in [0.2, 0.25) is 0 Å². The van der Waals surface area contributed by atoms with Crippen molar-refractivity contribution in [2.24, 2.45) is 0 Å². The fourth-order valence-electron chi connectivity index (χ4n) is 0.0680. The monoisotopic (exact) mass is 268 g/mol. The van der Waals surface area contributed by atoms with E-state index < -0.39 is 16.5 Å². The van der Waals surface area contributed by atoms with Gasteiger partial charge in [0.05, 0.1) is 5.34 Å². The van der Waals surface area contributed by atoms with Crippen LogP contribution in [0.25, 0.3) is 0 Å². The van der Waals surface area contributed by atoms with Gasteiger partial charge in [0, 0.05) is 0 Å². The van der Waals surface area contributed by atoms with E-state index >= 15 is 0 Å². The van der Waals surface area contributed by atoms with Crippen molar-refractivity contribution < 1.29 is 23.2 Å². The minimum atomic E-state index is -3.51. The van der Waals surface area contributed by atoms with E-state index in [1.54, 1.807) is 0 Å². The van der Waals surface area contributed by atoms with Gasteiger partial charge in [-0.1, -0.05) is 0 Å². The molecular weight excluding hydrogens is 265 g/mol. The summed E-state index contributed by atoms with van der Waals surface area (Å²) >= 11 is 9.53. The third kappa shape index (κ3) is 33.0. The molecule has 2 atom stereocenters. The maximum atomic E-state index is 9.29. The van der Waals surface area contributed by atoms with Gasteiger partial charge in [-0.15, -0.1) is 23.2 Å². The van der Waals surface area contributed by atoms with E-state index in [4.69, 9.17) is 23.2 Å². The molecule has 2 unspecified atom stereocenters. The van der Waals surface area contributed by atoms with Gasteiger partial charge in [0.2, 0.25) is 0 Å². The van der Waals surface area contributed by atoms with Crippen LogP contribution in [-0.2, 0) is 13.4 Å². The van der Waals surface area contributed by atoms with Crippen molar-refractivity contribution in [2.45, 2.75) is 0 Å². The molecule has 0 aromatic rings. The molecule has 0 bridgehead atoms. The number of hydrogen-bond acceptors (Lipinski definition) is 5. The molecule has 0 aliphatic carbocycles. The molecule has 11 heavy (non-hydrogen) atoms. The van der Waals surface area contributed by atoms with Crippen molar-refractivity contribution in [3.8, 4) is 0 Å². The zero-order chi connectivity index (χ0) is 8.57. The van der Waals surface area contributed by atoms with Crippen LogP contribution < -0.4 is 9.79 Å². The number of alkyl halides is 2. The topological polar surface area (TPSA) is 89.5 Å². The maximum absolute atomic E-state index is 9.29. The number of rotatable bonds is 2. The van der Waals surface area contributed by atoms with E-state index in [1.165, 1.54) is 0 Å². The second-order valence-electron chi connectivity index (χ2n) is 0.703. The standard InChI is InChI=1S/CH2Cl2.Ca.H4O5P2/c2-1-3;;1-6(2)5-7(3)4/h1H2;;6-7H,(H,1,2)(H,3,4)/q;+2;/p-2. The zero-order valence-electron chi connectivity index (χ0n) is 5.21. The van der Waals surface area contributed by atoms with Crippen LogP contribution in [0.1, 0.15) is 0 Å². The Balaban J connectivity index is -0.000000140. The Morgan fingerprint density at radius 3 is 1.36 bits per heavy atom. The molecule has 0 aliphatic rings. The summed E-state index contributed by atoms with van der Waals surface area (Å²) in [4.78, 5) is 18.6. The van der Waals surface area contributed by atoms with E-state index in [9.17, 15) is 18.9 Å². The van der Waals surface area contributed by atoms with Crippen LogP contribution in [0.3, 0.4) is 0 Å².